The van der Waals surface area contributed by atoms with Crippen molar-refractivity contribution in [3.05, 3.63) is 30.4 Å². The number of hydrogen-bond acceptors (Lipinski definition) is 3. The van der Waals surface area contributed by atoms with Gasteiger partial charge in [0, 0.05) is 26.0 Å². The van der Waals surface area contributed by atoms with Crippen molar-refractivity contribution in [3.63, 3.8) is 0 Å². The number of aryl methyl sites for hydroxylation is 1. The lowest BCUT2D eigenvalue weighted by Crippen LogP contribution is -2.36. The van der Waals surface area contributed by atoms with Crippen LogP contribution in [0.15, 0.2) is 24.5 Å². The van der Waals surface area contributed by atoms with E-state index in [1.165, 1.54) is 5.57 Å². The summed E-state index contributed by atoms with van der Waals surface area (Å²) in [6.45, 7) is 9.07. The van der Waals surface area contributed by atoms with E-state index < -0.39 is 6.10 Å². The molecule has 0 spiro atoms. The van der Waals surface area contributed by atoms with Gasteiger partial charge in [-0.05, 0) is 38.8 Å². The van der Waals surface area contributed by atoms with E-state index in [9.17, 15) is 5.11 Å². The second-order valence-electron chi connectivity index (χ2n) is 5.41. The summed E-state index contributed by atoms with van der Waals surface area (Å²) in [4.78, 5) is 6.65. The topological polar surface area (TPSA) is 41.3 Å². The molecule has 1 N–H and O–H groups in total. The molecule has 100 valence electrons. The molecule has 1 aliphatic heterocycles. The van der Waals surface area contributed by atoms with Crippen LogP contribution >= 0.6 is 0 Å². The van der Waals surface area contributed by atoms with E-state index in [1.807, 2.05) is 17.8 Å². The number of nitrogens with zero attached hydrogens (tertiary/aromatic N) is 3. The lowest BCUT2D eigenvalue weighted by molar-refractivity contribution is 0.0535. The standard InChI is InChI=1S/C14H23N3O/c1-11(2)10-17-7-4-12(5-8-17)13(18)14-15-6-9-16(14)3/h6,9,12-13,18H,1,4-5,7-8,10H2,2-3H3. The van der Waals surface area contributed by atoms with E-state index in [0.29, 0.717) is 5.92 Å². The van der Waals surface area contributed by atoms with E-state index in [1.54, 1.807) is 6.20 Å². The van der Waals surface area contributed by atoms with Gasteiger partial charge in [-0.2, -0.15) is 0 Å². The van der Waals surface area contributed by atoms with Crippen molar-refractivity contribution in [1.29, 1.82) is 0 Å². The number of likely N-dealkylation sites (tertiary alicyclic amines) is 1. The van der Waals surface area contributed by atoms with Crippen LogP contribution in [-0.2, 0) is 7.05 Å². The van der Waals surface area contributed by atoms with Crippen molar-refractivity contribution in [2.75, 3.05) is 19.6 Å². The summed E-state index contributed by atoms with van der Waals surface area (Å²) in [7, 11) is 1.93. The lowest BCUT2D eigenvalue weighted by atomic mass is 9.90. The first-order valence-electron chi connectivity index (χ1n) is 6.60. The van der Waals surface area contributed by atoms with Gasteiger partial charge >= 0.3 is 0 Å². The average molecular weight is 249 g/mol. The largest absolute Gasteiger partial charge is 0.385 e. The summed E-state index contributed by atoms with van der Waals surface area (Å²) in [6, 6.07) is 0. The zero-order valence-electron chi connectivity index (χ0n) is 11.3. The highest BCUT2D eigenvalue weighted by atomic mass is 16.3. The maximum atomic E-state index is 10.4. The molecule has 4 heteroatoms. The molecule has 0 amide bonds. The fraction of sp³-hybridized carbons (Fsp3) is 0.643. The van der Waals surface area contributed by atoms with Crippen LogP contribution < -0.4 is 0 Å². The molecule has 0 aliphatic carbocycles. The average Bonchev–Trinajstić information content (AvgIpc) is 2.75. The Morgan fingerprint density at radius 2 is 2.22 bits per heavy atom. The van der Waals surface area contributed by atoms with Crippen molar-refractivity contribution in [1.82, 2.24) is 14.5 Å². The maximum absolute atomic E-state index is 10.4. The van der Waals surface area contributed by atoms with Crippen LogP contribution in [0, 0.1) is 5.92 Å². The Bertz CT molecular complexity index is 405. The molecule has 0 aromatic carbocycles. The fourth-order valence-corrected chi connectivity index (χ4v) is 2.68. The first kappa shape index (κ1) is 13.3. The molecule has 1 atom stereocenters. The summed E-state index contributed by atoms with van der Waals surface area (Å²) in [5, 5.41) is 10.4. The first-order chi connectivity index (χ1) is 8.58. The minimum atomic E-state index is -0.433. The summed E-state index contributed by atoms with van der Waals surface area (Å²) in [6.07, 6.45) is 5.25. The van der Waals surface area contributed by atoms with Gasteiger partial charge in [0.25, 0.3) is 0 Å². The zero-order valence-corrected chi connectivity index (χ0v) is 11.3. The summed E-state index contributed by atoms with van der Waals surface area (Å²) >= 11 is 0. The number of aliphatic hydroxyl groups excluding tert-OH is 1. The lowest BCUT2D eigenvalue weighted by Gasteiger charge is -2.34. The number of piperidine rings is 1. The van der Waals surface area contributed by atoms with E-state index in [0.717, 1.165) is 38.3 Å². The van der Waals surface area contributed by atoms with Crippen molar-refractivity contribution in [2.24, 2.45) is 13.0 Å². The van der Waals surface area contributed by atoms with Gasteiger partial charge in [-0.25, -0.2) is 4.98 Å². The number of imidazole rings is 1. The molecule has 1 aromatic rings. The molecule has 1 aromatic heterocycles. The van der Waals surface area contributed by atoms with E-state index >= 15 is 0 Å². The summed E-state index contributed by atoms with van der Waals surface area (Å²) in [5.74, 6) is 1.11. The Hall–Kier alpha value is -1.13. The third kappa shape index (κ3) is 3.00. The number of rotatable bonds is 4. The molecule has 2 heterocycles. The first-order valence-corrected chi connectivity index (χ1v) is 6.60. The van der Waals surface area contributed by atoms with Crippen LogP contribution in [0.25, 0.3) is 0 Å². The summed E-state index contributed by atoms with van der Waals surface area (Å²) in [5.41, 5.74) is 1.21. The van der Waals surface area contributed by atoms with Gasteiger partial charge in [0.1, 0.15) is 11.9 Å². The Morgan fingerprint density at radius 3 is 2.72 bits per heavy atom. The third-order valence-corrected chi connectivity index (χ3v) is 3.70. The second-order valence-corrected chi connectivity index (χ2v) is 5.41. The number of aliphatic hydroxyl groups is 1. The molecule has 1 saturated heterocycles. The molecule has 18 heavy (non-hydrogen) atoms. The number of hydrogen-bond donors (Lipinski definition) is 1. The predicted octanol–water partition coefficient (Wildman–Crippen LogP) is 1.74. The van der Waals surface area contributed by atoms with Gasteiger partial charge in [0.15, 0.2) is 0 Å². The Morgan fingerprint density at radius 1 is 1.56 bits per heavy atom. The molecule has 0 saturated carbocycles. The van der Waals surface area contributed by atoms with Gasteiger partial charge in [0.2, 0.25) is 0 Å². The van der Waals surface area contributed by atoms with E-state index in [2.05, 4.69) is 23.4 Å². The monoisotopic (exact) mass is 249 g/mol. The van der Waals surface area contributed by atoms with Crippen LogP contribution in [0.3, 0.4) is 0 Å². The second kappa shape index (κ2) is 5.67. The smallest absolute Gasteiger partial charge is 0.137 e. The molecule has 0 bridgehead atoms. The molecule has 1 unspecified atom stereocenters. The van der Waals surface area contributed by atoms with Gasteiger partial charge in [-0.1, -0.05) is 12.2 Å². The molecule has 2 rings (SSSR count). The van der Waals surface area contributed by atoms with Crippen LogP contribution in [0.1, 0.15) is 31.7 Å². The van der Waals surface area contributed by atoms with Crippen molar-refractivity contribution in [3.8, 4) is 0 Å². The van der Waals surface area contributed by atoms with Gasteiger partial charge in [-0.15, -0.1) is 0 Å². The normalized spacial score (nSPS) is 19.9. The minimum absolute atomic E-state index is 0.326. The van der Waals surface area contributed by atoms with Crippen molar-refractivity contribution >= 4 is 0 Å². The Kier molecular flexibility index (Phi) is 4.19. The van der Waals surface area contributed by atoms with Crippen LogP contribution in [0.2, 0.25) is 0 Å². The molecular formula is C14H23N3O. The van der Waals surface area contributed by atoms with Crippen molar-refractivity contribution in [2.45, 2.75) is 25.9 Å². The highest BCUT2D eigenvalue weighted by Gasteiger charge is 2.28. The minimum Gasteiger partial charge on any atom is -0.385 e. The van der Waals surface area contributed by atoms with Gasteiger partial charge in [0.05, 0.1) is 0 Å². The molecule has 1 aliphatic rings. The van der Waals surface area contributed by atoms with E-state index in [4.69, 9.17) is 0 Å². The van der Waals surface area contributed by atoms with Crippen molar-refractivity contribution < 1.29 is 5.11 Å². The Balaban J connectivity index is 1.90. The number of aromatic nitrogens is 2. The Labute approximate surface area is 109 Å². The molecule has 0 radical (unpaired) electrons. The van der Waals surface area contributed by atoms with Crippen LogP contribution in [-0.4, -0.2) is 39.2 Å². The molecule has 1 fully saturated rings. The maximum Gasteiger partial charge on any atom is 0.137 e. The van der Waals surface area contributed by atoms with E-state index in [-0.39, 0.29) is 0 Å². The zero-order chi connectivity index (χ0) is 13.1. The molecule has 4 nitrogen and oxygen atoms in total. The highest BCUT2D eigenvalue weighted by Crippen LogP contribution is 2.29. The van der Waals surface area contributed by atoms with Crippen LogP contribution in [0.4, 0.5) is 0 Å². The fourth-order valence-electron chi connectivity index (χ4n) is 2.68. The highest BCUT2D eigenvalue weighted by molar-refractivity contribution is 4.99. The quantitative estimate of drug-likeness (QED) is 0.826. The third-order valence-electron chi connectivity index (χ3n) is 3.70. The predicted molar refractivity (Wildman–Crippen MR) is 72.1 cm³/mol. The summed E-state index contributed by atoms with van der Waals surface area (Å²) < 4.78 is 1.91. The van der Waals surface area contributed by atoms with Crippen LogP contribution in [0.5, 0.6) is 0 Å². The van der Waals surface area contributed by atoms with Gasteiger partial charge in [-0.3, -0.25) is 4.90 Å². The SMILES string of the molecule is C=C(C)CN1CCC(C(O)c2nccn2C)CC1. The van der Waals surface area contributed by atoms with Gasteiger partial charge < -0.3 is 9.67 Å². The molecular weight excluding hydrogens is 226 g/mol.